The Balaban J connectivity index is 2.04. The van der Waals surface area contributed by atoms with Gasteiger partial charge in [0.1, 0.15) is 6.04 Å². The van der Waals surface area contributed by atoms with Crippen LogP contribution in [0.1, 0.15) is 49.9 Å². The summed E-state index contributed by atoms with van der Waals surface area (Å²) in [5.74, 6) is 0.101. The van der Waals surface area contributed by atoms with Crippen LogP contribution >= 0.6 is 0 Å². The lowest BCUT2D eigenvalue weighted by Gasteiger charge is -2.27. The van der Waals surface area contributed by atoms with Gasteiger partial charge in [-0.25, -0.2) is 0 Å². The molecule has 0 heterocycles. The Labute approximate surface area is 144 Å². The zero-order valence-corrected chi connectivity index (χ0v) is 14.6. The summed E-state index contributed by atoms with van der Waals surface area (Å²) in [6.45, 7) is 4.61. The highest BCUT2D eigenvalue weighted by molar-refractivity contribution is 5.97. The summed E-state index contributed by atoms with van der Waals surface area (Å²) in [5.41, 5.74) is 6.37. The van der Waals surface area contributed by atoms with Crippen LogP contribution in [0.2, 0.25) is 0 Å². The van der Waals surface area contributed by atoms with Crippen molar-refractivity contribution in [3.05, 3.63) is 35.9 Å². The summed E-state index contributed by atoms with van der Waals surface area (Å²) in [6.07, 6.45) is 3.94. The number of rotatable bonds is 7. The molecule has 1 aromatic rings. The molecule has 0 radical (unpaired) electrons. The van der Waals surface area contributed by atoms with Crippen molar-refractivity contribution in [3.8, 4) is 0 Å². The van der Waals surface area contributed by atoms with Gasteiger partial charge in [-0.15, -0.1) is 0 Å². The Morgan fingerprint density at radius 3 is 2.58 bits per heavy atom. The van der Waals surface area contributed by atoms with Crippen LogP contribution in [0.4, 0.5) is 0 Å². The third-order valence-corrected chi connectivity index (χ3v) is 5.11. The number of hydrogen-bond donors (Lipinski definition) is 3. The standard InChI is InChI=1S/C19H29N3O2/c1-3-13(2)17(22-18(23)14-8-5-4-6-9-14)19(24)21-16-11-7-10-15(16)12-20/h4-6,8-9,13,15-17H,3,7,10-12,20H2,1-2H3,(H,21,24)(H,22,23). The second-order valence-electron chi connectivity index (χ2n) is 6.74. The highest BCUT2D eigenvalue weighted by atomic mass is 16.2. The van der Waals surface area contributed by atoms with Gasteiger partial charge in [-0.3, -0.25) is 9.59 Å². The van der Waals surface area contributed by atoms with Crippen molar-refractivity contribution in [2.24, 2.45) is 17.6 Å². The second-order valence-corrected chi connectivity index (χ2v) is 6.74. The fourth-order valence-corrected chi connectivity index (χ4v) is 3.30. The summed E-state index contributed by atoms with van der Waals surface area (Å²) < 4.78 is 0. The van der Waals surface area contributed by atoms with Gasteiger partial charge in [0.2, 0.25) is 5.91 Å². The molecule has 0 saturated heterocycles. The van der Waals surface area contributed by atoms with E-state index in [0.717, 1.165) is 25.7 Å². The largest absolute Gasteiger partial charge is 0.351 e. The molecule has 132 valence electrons. The molecule has 0 aliphatic heterocycles. The average Bonchev–Trinajstić information content (AvgIpc) is 3.06. The first-order chi connectivity index (χ1) is 11.6. The minimum absolute atomic E-state index is 0.0652. The first-order valence-corrected chi connectivity index (χ1v) is 8.93. The molecule has 1 fully saturated rings. The smallest absolute Gasteiger partial charge is 0.251 e. The van der Waals surface area contributed by atoms with Crippen molar-refractivity contribution in [2.75, 3.05) is 6.54 Å². The monoisotopic (exact) mass is 331 g/mol. The van der Waals surface area contributed by atoms with Gasteiger partial charge >= 0.3 is 0 Å². The Morgan fingerprint density at radius 1 is 1.25 bits per heavy atom. The lowest BCUT2D eigenvalue weighted by Crippen LogP contribution is -2.53. The summed E-state index contributed by atoms with van der Waals surface area (Å²) in [4.78, 5) is 25.2. The molecule has 4 unspecified atom stereocenters. The predicted octanol–water partition coefficient (Wildman–Crippen LogP) is 2.07. The number of amides is 2. The van der Waals surface area contributed by atoms with Crippen LogP contribution in [-0.2, 0) is 4.79 Å². The van der Waals surface area contributed by atoms with Crippen LogP contribution in [-0.4, -0.2) is 30.4 Å². The fourth-order valence-electron chi connectivity index (χ4n) is 3.30. The lowest BCUT2D eigenvalue weighted by molar-refractivity contribution is -0.125. The average molecular weight is 331 g/mol. The maximum atomic E-state index is 12.8. The van der Waals surface area contributed by atoms with E-state index in [1.807, 2.05) is 32.0 Å². The van der Waals surface area contributed by atoms with Crippen molar-refractivity contribution in [1.29, 1.82) is 0 Å². The number of benzene rings is 1. The SMILES string of the molecule is CCC(C)C(NC(=O)c1ccccc1)C(=O)NC1CCCC1CN. The molecule has 0 spiro atoms. The second kappa shape index (κ2) is 8.83. The van der Waals surface area contributed by atoms with Crippen LogP contribution in [0.15, 0.2) is 30.3 Å². The topological polar surface area (TPSA) is 84.2 Å². The zero-order chi connectivity index (χ0) is 17.5. The number of carbonyl (C=O) groups is 2. The molecule has 4 N–H and O–H groups in total. The molecule has 1 aromatic carbocycles. The summed E-state index contributed by atoms with van der Waals surface area (Å²) >= 11 is 0. The first kappa shape index (κ1) is 18.5. The van der Waals surface area contributed by atoms with Crippen LogP contribution in [0.3, 0.4) is 0 Å². The Kier molecular flexibility index (Phi) is 6.79. The first-order valence-electron chi connectivity index (χ1n) is 8.93. The highest BCUT2D eigenvalue weighted by Gasteiger charge is 2.32. The number of carbonyl (C=O) groups excluding carboxylic acids is 2. The molecule has 2 amide bonds. The third-order valence-electron chi connectivity index (χ3n) is 5.11. The van der Waals surface area contributed by atoms with Gasteiger partial charge < -0.3 is 16.4 Å². The molecular formula is C19H29N3O2. The van der Waals surface area contributed by atoms with Gasteiger partial charge in [0.25, 0.3) is 5.91 Å². The van der Waals surface area contributed by atoms with E-state index < -0.39 is 6.04 Å². The molecule has 1 saturated carbocycles. The van der Waals surface area contributed by atoms with E-state index >= 15 is 0 Å². The van der Waals surface area contributed by atoms with E-state index in [1.54, 1.807) is 12.1 Å². The molecular weight excluding hydrogens is 302 g/mol. The van der Waals surface area contributed by atoms with E-state index in [2.05, 4.69) is 10.6 Å². The van der Waals surface area contributed by atoms with Crippen LogP contribution < -0.4 is 16.4 Å². The van der Waals surface area contributed by atoms with Gasteiger partial charge in [0, 0.05) is 11.6 Å². The minimum atomic E-state index is -0.526. The number of nitrogens with one attached hydrogen (secondary N) is 2. The maximum Gasteiger partial charge on any atom is 0.251 e. The van der Waals surface area contributed by atoms with Crippen LogP contribution in [0.5, 0.6) is 0 Å². The Bertz CT molecular complexity index is 547. The normalized spacial score (nSPS) is 22.6. The predicted molar refractivity (Wildman–Crippen MR) is 95.5 cm³/mol. The van der Waals surface area contributed by atoms with Crippen molar-refractivity contribution in [1.82, 2.24) is 10.6 Å². The Morgan fingerprint density at radius 2 is 1.96 bits per heavy atom. The molecule has 5 nitrogen and oxygen atoms in total. The minimum Gasteiger partial charge on any atom is -0.351 e. The summed E-state index contributed by atoms with van der Waals surface area (Å²) in [5, 5.41) is 6.03. The molecule has 0 aromatic heterocycles. The van der Waals surface area contributed by atoms with Crippen molar-refractivity contribution in [2.45, 2.75) is 51.6 Å². The molecule has 2 rings (SSSR count). The van der Waals surface area contributed by atoms with Crippen LogP contribution in [0.25, 0.3) is 0 Å². The van der Waals surface area contributed by atoms with Crippen LogP contribution in [0, 0.1) is 11.8 Å². The van der Waals surface area contributed by atoms with E-state index in [-0.39, 0.29) is 23.8 Å². The summed E-state index contributed by atoms with van der Waals surface area (Å²) in [6, 6.07) is 8.60. The molecule has 1 aliphatic carbocycles. The maximum absolute atomic E-state index is 12.8. The van der Waals surface area contributed by atoms with Gasteiger partial charge in [0.15, 0.2) is 0 Å². The van der Waals surface area contributed by atoms with E-state index in [4.69, 9.17) is 5.73 Å². The number of nitrogens with two attached hydrogens (primary N) is 1. The summed E-state index contributed by atoms with van der Waals surface area (Å²) in [7, 11) is 0. The number of hydrogen-bond acceptors (Lipinski definition) is 3. The van der Waals surface area contributed by atoms with Crippen molar-refractivity contribution in [3.63, 3.8) is 0 Å². The molecule has 4 atom stereocenters. The molecule has 0 bridgehead atoms. The van der Waals surface area contributed by atoms with E-state index in [1.165, 1.54) is 0 Å². The fraction of sp³-hybridized carbons (Fsp3) is 0.579. The van der Waals surface area contributed by atoms with E-state index in [0.29, 0.717) is 18.0 Å². The van der Waals surface area contributed by atoms with Crippen molar-refractivity contribution < 1.29 is 9.59 Å². The molecule has 1 aliphatic rings. The zero-order valence-electron chi connectivity index (χ0n) is 14.6. The Hall–Kier alpha value is -1.88. The lowest BCUT2D eigenvalue weighted by atomic mass is 9.96. The van der Waals surface area contributed by atoms with E-state index in [9.17, 15) is 9.59 Å². The van der Waals surface area contributed by atoms with Crippen molar-refractivity contribution >= 4 is 11.8 Å². The molecule has 5 heteroatoms. The highest BCUT2D eigenvalue weighted by Crippen LogP contribution is 2.25. The van der Waals surface area contributed by atoms with Gasteiger partial charge in [0.05, 0.1) is 0 Å². The molecule has 24 heavy (non-hydrogen) atoms. The van der Waals surface area contributed by atoms with Gasteiger partial charge in [-0.1, -0.05) is 44.9 Å². The quantitative estimate of drug-likeness (QED) is 0.715. The van der Waals surface area contributed by atoms with Gasteiger partial charge in [-0.2, -0.15) is 0 Å². The van der Waals surface area contributed by atoms with Gasteiger partial charge in [-0.05, 0) is 43.4 Å². The third kappa shape index (κ3) is 4.57.